The van der Waals surface area contributed by atoms with E-state index in [4.69, 9.17) is 9.47 Å². The van der Waals surface area contributed by atoms with Crippen molar-refractivity contribution in [3.8, 4) is 23.0 Å². The molecule has 3 N–H and O–H groups in total. The lowest BCUT2D eigenvalue weighted by atomic mass is 10.0. The number of fused-ring (bicyclic) bond motifs is 1. The third-order valence-corrected chi connectivity index (χ3v) is 7.11. The first kappa shape index (κ1) is 26.8. The average molecular weight is 546 g/mol. The summed E-state index contributed by atoms with van der Waals surface area (Å²) in [6.45, 7) is -0.225. The number of methoxy groups -OCH3 is 2. The Morgan fingerprint density at radius 2 is 1.70 bits per heavy atom. The third kappa shape index (κ3) is 5.49. The van der Waals surface area contributed by atoms with Gasteiger partial charge >= 0.3 is 0 Å². The Balaban J connectivity index is 1.64. The van der Waals surface area contributed by atoms with Crippen LogP contribution in [0.5, 0.6) is 23.0 Å². The third-order valence-electron chi connectivity index (χ3n) is 7.11. The van der Waals surface area contributed by atoms with Crippen LogP contribution in [0.2, 0.25) is 0 Å². The lowest BCUT2D eigenvalue weighted by molar-refractivity contribution is -0.127. The summed E-state index contributed by atoms with van der Waals surface area (Å²) in [7, 11) is 2.99. The molecule has 1 unspecified atom stereocenters. The smallest absolute Gasteiger partial charge is 0.249 e. The van der Waals surface area contributed by atoms with Crippen LogP contribution in [-0.4, -0.2) is 57.3 Å². The molecule has 1 atom stereocenters. The molecule has 1 aliphatic carbocycles. The van der Waals surface area contributed by atoms with Gasteiger partial charge in [0.1, 0.15) is 29.6 Å². The minimum absolute atomic E-state index is 0.0308. The number of hydrogen-bond acceptors (Lipinski definition) is 8. The molecule has 1 aromatic heterocycles. The Morgan fingerprint density at radius 3 is 2.38 bits per heavy atom. The molecular formula is C29H31N5O6. The van der Waals surface area contributed by atoms with Crippen molar-refractivity contribution >= 4 is 28.5 Å². The largest absolute Gasteiger partial charge is 0.504 e. The van der Waals surface area contributed by atoms with Crippen molar-refractivity contribution in [2.75, 3.05) is 19.1 Å². The van der Waals surface area contributed by atoms with E-state index in [1.54, 1.807) is 24.3 Å². The number of rotatable bonds is 9. The highest BCUT2D eigenvalue weighted by atomic mass is 16.5. The van der Waals surface area contributed by atoms with E-state index in [0.29, 0.717) is 33.8 Å². The summed E-state index contributed by atoms with van der Waals surface area (Å²) in [6, 6.07) is 15.1. The molecule has 1 saturated carbocycles. The van der Waals surface area contributed by atoms with Gasteiger partial charge in [0.2, 0.25) is 11.8 Å². The fraction of sp³-hybridized carbons (Fsp3) is 0.310. The molecule has 0 spiro atoms. The number of nitrogens with one attached hydrogen (secondary N) is 1. The van der Waals surface area contributed by atoms with Crippen LogP contribution in [0.15, 0.2) is 60.7 Å². The maximum Gasteiger partial charge on any atom is 0.249 e. The molecule has 1 fully saturated rings. The second-order valence-electron chi connectivity index (χ2n) is 9.71. The first-order chi connectivity index (χ1) is 19.4. The van der Waals surface area contributed by atoms with Crippen LogP contribution in [-0.2, 0) is 16.1 Å². The predicted octanol–water partition coefficient (Wildman–Crippen LogP) is 3.69. The summed E-state index contributed by atoms with van der Waals surface area (Å²) < 4.78 is 12.4. The van der Waals surface area contributed by atoms with E-state index >= 15 is 0 Å². The summed E-state index contributed by atoms with van der Waals surface area (Å²) in [4.78, 5) is 29.6. The van der Waals surface area contributed by atoms with Crippen molar-refractivity contribution in [2.24, 2.45) is 0 Å². The van der Waals surface area contributed by atoms with Gasteiger partial charge in [-0.15, -0.1) is 5.10 Å². The van der Waals surface area contributed by atoms with Crippen LogP contribution in [0.4, 0.5) is 5.69 Å². The molecule has 208 valence electrons. The Kier molecular flexibility index (Phi) is 7.72. The summed E-state index contributed by atoms with van der Waals surface area (Å²) in [5.74, 6) is -0.799. The number of anilines is 1. The van der Waals surface area contributed by atoms with Gasteiger partial charge in [0.05, 0.1) is 25.4 Å². The zero-order valence-corrected chi connectivity index (χ0v) is 22.3. The molecule has 1 aliphatic rings. The maximum absolute atomic E-state index is 14.2. The van der Waals surface area contributed by atoms with Crippen LogP contribution < -0.4 is 19.7 Å². The number of phenolic OH excluding ortho intramolecular Hbond substituents is 2. The number of amides is 2. The molecule has 0 saturated heterocycles. The zero-order valence-electron chi connectivity index (χ0n) is 22.3. The quantitative estimate of drug-likeness (QED) is 0.271. The molecular weight excluding hydrogens is 514 g/mol. The number of para-hydroxylation sites is 1. The van der Waals surface area contributed by atoms with E-state index in [2.05, 4.69) is 15.6 Å². The minimum Gasteiger partial charge on any atom is -0.504 e. The van der Waals surface area contributed by atoms with Gasteiger partial charge in [-0.25, -0.2) is 4.68 Å². The second-order valence-corrected chi connectivity index (χ2v) is 9.71. The molecule has 1 heterocycles. The number of carbonyl (C=O) groups excluding carboxylic acids is 2. The first-order valence-electron chi connectivity index (χ1n) is 13.0. The van der Waals surface area contributed by atoms with E-state index in [1.807, 2.05) is 18.2 Å². The molecule has 5 rings (SSSR count). The number of hydrogen-bond donors (Lipinski definition) is 3. The van der Waals surface area contributed by atoms with Crippen molar-refractivity contribution in [1.82, 2.24) is 20.3 Å². The van der Waals surface area contributed by atoms with E-state index in [0.717, 1.165) is 25.7 Å². The summed E-state index contributed by atoms with van der Waals surface area (Å²) in [5.41, 5.74) is 1.94. The fourth-order valence-corrected chi connectivity index (χ4v) is 5.09. The summed E-state index contributed by atoms with van der Waals surface area (Å²) >= 11 is 0. The van der Waals surface area contributed by atoms with Crippen LogP contribution >= 0.6 is 0 Å². The van der Waals surface area contributed by atoms with Gasteiger partial charge in [0, 0.05) is 24.2 Å². The average Bonchev–Trinajstić information content (AvgIpc) is 3.63. The minimum atomic E-state index is -1.20. The van der Waals surface area contributed by atoms with Crippen molar-refractivity contribution < 1.29 is 29.3 Å². The Labute approximate surface area is 230 Å². The Hall–Kier alpha value is -4.80. The molecule has 0 radical (unpaired) electrons. The van der Waals surface area contributed by atoms with Gasteiger partial charge in [0.15, 0.2) is 11.5 Å². The van der Waals surface area contributed by atoms with Gasteiger partial charge in [-0.2, -0.15) is 0 Å². The van der Waals surface area contributed by atoms with Crippen LogP contribution in [0.25, 0.3) is 11.0 Å². The van der Waals surface area contributed by atoms with Crippen LogP contribution in [0.1, 0.15) is 37.3 Å². The standard InChI is InChI=1S/C29H31N5O6/c1-39-21-14-20(15-22(16-21)40-2)34(27(37)17-33-24-10-6-5-9-23(24)31-32-33)28(18-11-12-25(35)26(36)13-18)29(38)30-19-7-3-4-8-19/h5-6,9-16,19,28,35-36H,3-4,7-8,17H2,1-2H3,(H,30,38). The highest BCUT2D eigenvalue weighted by Crippen LogP contribution is 2.37. The molecule has 0 aliphatic heterocycles. The first-order valence-corrected chi connectivity index (χ1v) is 13.0. The molecule has 11 nitrogen and oxygen atoms in total. The number of carbonyl (C=O) groups is 2. The molecule has 3 aromatic carbocycles. The summed E-state index contributed by atoms with van der Waals surface area (Å²) in [6.07, 6.45) is 3.69. The molecule has 0 bridgehead atoms. The van der Waals surface area contributed by atoms with E-state index < -0.39 is 23.6 Å². The van der Waals surface area contributed by atoms with E-state index in [9.17, 15) is 19.8 Å². The van der Waals surface area contributed by atoms with Crippen molar-refractivity contribution in [1.29, 1.82) is 0 Å². The predicted molar refractivity (Wildman–Crippen MR) is 147 cm³/mol. The Morgan fingerprint density at radius 1 is 1.00 bits per heavy atom. The number of benzene rings is 3. The van der Waals surface area contributed by atoms with Crippen LogP contribution in [0, 0.1) is 0 Å². The Bertz CT molecular complexity index is 1510. The SMILES string of the molecule is COc1cc(OC)cc(N(C(=O)Cn2nnc3ccccc32)C(C(=O)NC2CCCC2)c2ccc(O)c(O)c2)c1. The van der Waals surface area contributed by atoms with Crippen molar-refractivity contribution in [3.05, 3.63) is 66.2 Å². The lowest BCUT2D eigenvalue weighted by Gasteiger charge is -2.33. The van der Waals surface area contributed by atoms with Gasteiger partial charge in [0.25, 0.3) is 0 Å². The monoisotopic (exact) mass is 545 g/mol. The number of phenols is 2. The second kappa shape index (κ2) is 11.5. The number of aromatic hydroxyl groups is 2. The number of nitrogens with zero attached hydrogens (tertiary/aromatic N) is 4. The van der Waals surface area contributed by atoms with Gasteiger partial charge < -0.3 is 25.0 Å². The van der Waals surface area contributed by atoms with Gasteiger partial charge in [-0.05, 0) is 42.7 Å². The maximum atomic E-state index is 14.2. The molecule has 2 amide bonds. The highest BCUT2D eigenvalue weighted by molar-refractivity contribution is 6.02. The van der Waals surface area contributed by atoms with Gasteiger partial charge in [-0.1, -0.05) is 36.3 Å². The van der Waals surface area contributed by atoms with Crippen molar-refractivity contribution in [2.45, 2.75) is 44.3 Å². The molecule has 4 aromatic rings. The normalized spacial score (nSPS) is 14.2. The molecule has 40 heavy (non-hydrogen) atoms. The molecule has 11 heteroatoms. The zero-order chi connectivity index (χ0) is 28.2. The van der Waals surface area contributed by atoms with E-state index in [1.165, 1.54) is 42.0 Å². The number of ether oxygens (including phenoxy) is 2. The summed E-state index contributed by atoms with van der Waals surface area (Å²) in [5, 5.41) is 31.7. The number of aromatic nitrogens is 3. The lowest BCUT2D eigenvalue weighted by Crippen LogP contribution is -2.47. The topological polar surface area (TPSA) is 139 Å². The van der Waals surface area contributed by atoms with E-state index in [-0.39, 0.29) is 18.3 Å². The van der Waals surface area contributed by atoms with Crippen molar-refractivity contribution in [3.63, 3.8) is 0 Å². The van der Waals surface area contributed by atoms with Crippen LogP contribution in [0.3, 0.4) is 0 Å². The highest BCUT2D eigenvalue weighted by Gasteiger charge is 2.35. The van der Waals surface area contributed by atoms with Gasteiger partial charge in [-0.3, -0.25) is 14.5 Å². The fourth-order valence-electron chi connectivity index (χ4n) is 5.09.